The highest BCUT2D eigenvalue weighted by molar-refractivity contribution is 7.10. The van der Waals surface area contributed by atoms with Crippen molar-refractivity contribution in [3.05, 3.63) is 34.5 Å². The molecule has 0 aromatic carbocycles. The molecule has 1 aromatic rings. The highest BCUT2D eigenvalue weighted by atomic mass is 32.1. The summed E-state index contributed by atoms with van der Waals surface area (Å²) in [5.41, 5.74) is 0. The van der Waals surface area contributed by atoms with Gasteiger partial charge in [-0.25, -0.2) is 0 Å². The standard InChI is InChI=1S/C13H14O2S/c14-12-7-3-9-15-13(12)8-2-1-5-11-6-4-10-16-11/h2,4,6,8,10,12-14H,3,7,9H2. The van der Waals surface area contributed by atoms with Crippen LogP contribution in [0.5, 0.6) is 0 Å². The van der Waals surface area contributed by atoms with Gasteiger partial charge in [0, 0.05) is 6.61 Å². The molecular weight excluding hydrogens is 220 g/mol. The summed E-state index contributed by atoms with van der Waals surface area (Å²) in [5.74, 6) is 5.97. The van der Waals surface area contributed by atoms with Gasteiger partial charge in [-0.2, -0.15) is 0 Å². The van der Waals surface area contributed by atoms with Crippen molar-refractivity contribution in [2.24, 2.45) is 0 Å². The molecule has 1 aromatic heterocycles. The largest absolute Gasteiger partial charge is 0.390 e. The average molecular weight is 234 g/mol. The van der Waals surface area contributed by atoms with Crippen LogP contribution in [0.15, 0.2) is 29.7 Å². The van der Waals surface area contributed by atoms with E-state index >= 15 is 0 Å². The molecule has 0 radical (unpaired) electrons. The molecule has 2 atom stereocenters. The maximum atomic E-state index is 9.63. The first kappa shape index (κ1) is 11.4. The summed E-state index contributed by atoms with van der Waals surface area (Å²) >= 11 is 1.62. The van der Waals surface area contributed by atoms with Crippen LogP contribution in [-0.2, 0) is 4.74 Å². The fourth-order valence-electron chi connectivity index (χ4n) is 1.58. The van der Waals surface area contributed by atoms with E-state index in [2.05, 4.69) is 11.8 Å². The van der Waals surface area contributed by atoms with Crippen LogP contribution in [0.3, 0.4) is 0 Å². The van der Waals surface area contributed by atoms with Crippen molar-refractivity contribution in [3.8, 4) is 11.8 Å². The summed E-state index contributed by atoms with van der Waals surface area (Å²) in [5, 5.41) is 11.6. The van der Waals surface area contributed by atoms with E-state index in [0.717, 1.165) is 24.3 Å². The molecule has 3 heteroatoms. The Labute approximate surface area is 99.6 Å². The van der Waals surface area contributed by atoms with E-state index in [0.29, 0.717) is 0 Å². The minimum Gasteiger partial charge on any atom is -0.390 e. The van der Waals surface area contributed by atoms with Crippen LogP contribution in [0.25, 0.3) is 0 Å². The van der Waals surface area contributed by atoms with Gasteiger partial charge in [-0.15, -0.1) is 11.3 Å². The predicted molar refractivity (Wildman–Crippen MR) is 65.3 cm³/mol. The molecule has 2 nitrogen and oxygen atoms in total. The maximum Gasteiger partial charge on any atom is 0.102 e. The van der Waals surface area contributed by atoms with Crippen LogP contribution in [-0.4, -0.2) is 23.9 Å². The highest BCUT2D eigenvalue weighted by Gasteiger charge is 2.20. The van der Waals surface area contributed by atoms with Gasteiger partial charge in [-0.3, -0.25) is 0 Å². The zero-order valence-corrected chi connectivity index (χ0v) is 9.74. The minimum absolute atomic E-state index is 0.189. The molecule has 1 N–H and O–H groups in total. The van der Waals surface area contributed by atoms with Crippen molar-refractivity contribution in [1.29, 1.82) is 0 Å². The summed E-state index contributed by atoms with van der Waals surface area (Å²) in [4.78, 5) is 1.05. The smallest absolute Gasteiger partial charge is 0.102 e. The summed E-state index contributed by atoms with van der Waals surface area (Å²) in [6.07, 6.45) is 4.78. The Morgan fingerprint density at radius 1 is 1.56 bits per heavy atom. The lowest BCUT2D eigenvalue weighted by atomic mass is 10.1. The third-order valence-corrected chi connectivity index (χ3v) is 3.20. The van der Waals surface area contributed by atoms with E-state index in [1.807, 2.05) is 23.6 Å². The van der Waals surface area contributed by atoms with Crippen molar-refractivity contribution in [2.45, 2.75) is 25.0 Å². The lowest BCUT2D eigenvalue weighted by Crippen LogP contribution is -2.32. The maximum absolute atomic E-state index is 9.63. The van der Waals surface area contributed by atoms with Gasteiger partial charge >= 0.3 is 0 Å². The Morgan fingerprint density at radius 3 is 3.25 bits per heavy atom. The quantitative estimate of drug-likeness (QED) is 0.755. The number of thiophene rings is 1. The van der Waals surface area contributed by atoms with E-state index in [1.54, 1.807) is 17.4 Å². The molecule has 0 saturated carbocycles. The van der Waals surface area contributed by atoms with Gasteiger partial charge in [0.15, 0.2) is 0 Å². The fourth-order valence-corrected chi connectivity index (χ4v) is 2.16. The Kier molecular flexibility index (Phi) is 4.17. The van der Waals surface area contributed by atoms with Crippen LogP contribution < -0.4 is 0 Å². The topological polar surface area (TPSA) is 29.5 Å². The summed E-state index contributed by atoms with van der Waals surface area (Å²) in [6, 6.07) is 3.96. The van der Waals surface area contributed by atoms with E-state index in [4.69, 9.17) is 4.74 Å². The molecule has 2 rings (SSSR count). The fraction of sp³-hybridized carbons (Fsp3) is 0.385. The summed E-state index contributed by atoms with van der Waals surface area (Å²) in [7, 11) is 0. The molecule has 84 valence electrons. The second kappa shape index (κ2) is 5.86. The van der Waals surface area contributed by atoms with Crippen molar-refractivity contribution in [3.63, 3.8) is 0 Å². The average Bonchev–Trinajstić information content (AvgIpc) is 2.79. The van der Waals surface area contributed by atoms with Crippen molar-refractivity contribution < 1.29 is 9.84 Å². The Balaban J connectivity index is 1.89. The van der Waals surface area contributed by atoms with Crippen LogP contribution in [0, 0.1) is 11.8 Å². The van der Waals surface area contributed by atoms with Crippen LogP contribution in [0.1, 0.15) is 17.7 Å². The zero-order chi connectivity index (χ0) is 11.2. The molecule has 0 spiro atoms. The van der Waals surface area contributed by atoms with Crippen LogP contribution in [0.2, 0.25) is 0 Å². The number of allylic oxidation sites excluding steroid dienone is 1. The first-order valence-electron chi connectivity index (χ1n) is 5.37. The molecule has 0 aliphatic carbocycles. The van der Waals surface area contributed by atoms with Gasteiger partial charge < -0.3 is 9.84 Å². The Morgan fingerprint density at radius 2 is 2.50 bits per heavy atom. The molecule has 1 aliphatic heterocycles. The zero-order valence-electron chi connectivity index (χ0n) is 8.93. The van der Waals surface area contributed by atoms with E-state index in [1.165, 1.54) is 0 Å². The van der Waals surface area contributed by atoms with Gasteiger partial charge in [0.1, 0.15) is 6.10 Å². The SMILES string of the molecule is OC1CCCOC1C=CC#Cc1cccs1. The van der Waals surface area contributed by atoms with E-state index in [-0.39, 0.29) is 12.2 Å². The van der Waals surface area contributed by atoms with E-state index < -0.39 is 0 Å². The molecule has 1 saturated heterocycles. The molecule has 1 fully saturated rings. The van der Waals surface area contributed by atoms with Gasteiger partial charge in [-0.1, -0.05) is 17.9 Å². The van der Waals surface area contributed by atoms with Gasteiger partial charge in [0.2, 0.25) is 0 Å². The highest BCUT2D eigenvalue weighted by Crippen LogP contribution is 2.14. The molecule has 16 heavy (non-hydrogen) atoms. The number of aliphatic hydroxyl groups excluding tert-OH is 1. The number of rotatable bonds is 1. The number of aliphatic hydroxyl groups is 1. The molecule has 1 aliphatic rings. The third-order valence-electron chi connectivity index (χ3n) is 2.42. The van der Waals surface area contributed by atoms with Gasteiger partial charge in [0.25, 0.3) is 0 Å². The first-order chi connectivity index (χ1) is 7.86. The molecule has 0 amide bonds. The van der Waals surface area contributed by atoms with Crippen LogP contribution in [0.4, 0.5) is 0 Å². The molecule has 0 bridgehead atoms. The van der Waals surface area contributed by atoms with Gasteiger partial charge in [-0.05, 0) is 36.4 Å². The third kappa shape index (κ3) is 3.21. The first-order valence-corrected chi connectivity index (χ1v) is 6.25. The van der Waals surface area contributed by atoms with Crippen LogP contribution >= 0.6 is 11.3 Å². The number of hydrogen-bond donors (Lipinski definition) is 1. The number of hydrogen-bond acceptors (Lipinski definition) is 3. The second-order valence-corrected chi connectivity index (χ2v) is 4.60. The molecular formula is C13H14O2S. The van der Waals surface area contributed by atoms with Gasteiger partial charge in [0.05, 0.1) is 11.0 Å². The second-order valence-electron chi connectivity index (χ2n) is 3.65. The lowest BCUT2D eigenvalue weighted by molar-refractivity contribution is -0.0483. The van der Waals surface area contributed by atoms with Crippen molar-refractivity contribution in [1.82, 2.24) is 0 Å². The summed E-state index contributed by atoms with van der Waals surface area (Å²) < 4.78 is 5.43. The Hall–Kier alpha value is -1.08. The lowest BCUT2D eigenvalue weighted by Gasteiger charge is -2.25. The number of ether oxygens (including phenoxy) is 1. The minimum atomic E-state index is -0.381. The van der Waals surface area contributed by atoms with Crippen molar-refractivity contribution >= 4 is 11.3 Å². The monoisotopic (exact) mass is 234 g/mol. The molecule has 2 heterocycles. The normalized spacial score (nSPS) is 25.3. The Bertz CT molecular complexity index is 397. The molecule has 2 unspecified atom stereocenters. The predicted octanol–water partition coefficient (Wildman–Crippen LogP) is 2.20. The summed E-state index contributed by atoms with van der Waals surface area (Å²) in [6.45, 7) is 0.727. The van der Waals surface area contributed by atoms with Crippen molar-refractivity contribution in [2.75, 3.05) is 6.61 Å². The van der Waals surface area contributed by atoms with E-state index in [9.17, 15) is 5.11 Å².